The summed E-state index contributed by atoms with van der Waals surface area (Å²) < 4.78 is 5.58. The highest BCUT2D eigenvalue weighted by atomic mass is 32.1. The average molecular weight is 447 g/mol. The van der Waals surface area contributed by atoms with Gasteiger partial charge in [-0.25, -0.2) is 4.98 Å². The Hall–Kier alpha value is -3.65. The van der Waals surface area contributed by atoms with Crippen LogP contribution in [0.4, 0.5) is 11.4 Å². The molecular formula is C24H22N4O3S. The molecule has 7 nitrogen and oxygen atoms in total. The van der Waals surface area contributed by atoms with Crippen molar-refractivity contribution in [3.63, 3.8) is 0 Å². The highest BCUT2D eigenvalue weighted by Crippen LogP contribution is 2.36. The number of anilines is 2. The summed E-state index contributed by atoms with van der Waals surface area (Å²) in [5.41, 5.74) is 4.39. The fraction of sp³-hybridized carbons (Fsp3) is 0.208. The van der Waals surface area contributed by atoms with Gasteiger partial charge >= 0.3 is 0 Å². The second-order valence-corrected chi connectivity index (χ2v) is 9.11. The maximum atomic E-state index is 13.0. The molecule has 0 unspecified atom stereocenters. The lowest BCUT2D eigenvalue weighted by Gasteiger charge is -2.23. The van der Waals surface area contributed by atoms with Gasteiger partial charge in [-0.2, -0.15) is 0 Å². The largest absolute Gasteiger partial charge is 0.479 e. The Morgan fingerprint density at radius 2 is 1.91 bits per heavy atom. The summed E-state index contributed by atoms with van der Waals surface area (Å²) in [6.45, 7) is 6.11. The summed E-state index contributed by atoms with van der Waals surface area (Å²) >= 11 is 1.52. The van der Waals surface area contributed by atoms with Crippen LogP contribution >= 0.6 is 11.3 Å². The Labute approximate surface area is 188 Å². The van der Waals surface area contributed by atoms with Gasteiger partial charge in [-0.15, -0.1) is 11.3 Å². The molecule has 1 amide bonds. The molecular weight excluding hydrogens is 424 g/mol. The number of hydrogen-bond acceptors (Lipinski definition) is 6. The van der Waals surface area contributed by atoms with Gasteiger partial charge in [-0.1, -0.05) is 29.8 Å². The van der Waals surface area contributed by atoms with E-state index in [-0.39, 0.29) is 11.5 Å². The van der Waals surface area contributed by atoms with Crippen LogP contribution in [-0.2, 0) is 11.3 Å². The number of fused-ring (bicyclic) bond motifs is 2. The zero-order valence-corrected chi connectivity index (χ0v) is 18.7. The number of amides is 1. The molecule has 3 heterocycles. The third-order valence-electron chi connectivity index (χ3n) is 5.50. The predicted octanol–water partition coefficient (Wildman–Crippen LogP) is 4.60. The van der Waals surface area contributed by atoms with Gasteiger partial charge in [0, 0.05) is 16.1 Å². The van der Waals surface area contributed by atoms with Gasteiger partial charge in [0.1, 0.15) is 16.4 Å². The zero-order chi connectivity index (χ0) is 22.4. The van der Waals surface area contributed by atoms with Crippen molar-refractivity contribution in [1.29, 1.82) is 0 Å². The number of H-pyrrole nitrogens is 1. The molecule has 0 spiro atoms. The fourth-order valence-electron chi connectivity index (χ4n) is 3.82. The maximum absolute atomic E-state index is 13.0. The van der Waals surface area contributed by atoms with E-state index in [1.165, 1.54) is 16.9 Å². The van der Waals surface area contributed by atoms with Crippen molar-refractivity contribution in [2.45, 2.75) is 33.4 Å². The molecule has 8 heteroatoms. The minimum atomic E-state index is -0.513. The number of ether oxygens (including phenoxy) is 1. The number of aromatic nitrogens is 2. The molecule has 4 aromatic rings. The second-order valence-electron chi connectivity index (χ2n) is 7.91. The number of carbonyl (C=O) groups is 1. The molecule has 0 radical (unpaired) electrons. The molecule has 162 valence electrons. The van der Waals surface area contributed by atoms with Crippen molar-refractivity contribution < 1.29 is 9.53 Å². The summed E-state index contributed by atoms with van der Waals surface area (Å²) in [5.74, 6) is 1.00. The second kappa shape index (κ2) is 7.80. The van der Waals surface area contributed by atoms with E-state index in [0.29, 0.717) is 29.2 Å². The Bertz CT molecular complexity index is 1410. The number of thiophene rings is 1. The van der Waals surface area contributed by atoms with Gasteiger partial charge in [0.05, 0.1) is 17.6 Å². The number of aromatic amines is 1. The summed E-state index contributed by atoms with van der Waals surface area (Å²) in [5, 5.41) is 6.71. The van der Waals surface area contributed by atoms with Crippen LogP contribution in [0.25, 0.3) is 21.3 Å². The van der Waals surface area contributed by atoms with Crippen LogP contribution in [0.2, 0.25) is 0 Å². The van der Waals surface area contributed by atoms with Crippen LogP contribution in [0.1, 0.15) is 23.2 Å². The van der Waals surface area contributed by atoms with Gasteiger partial charge in [-0.05, 0) is 44.5 Å². The van der Waals surface area contributed by atoms with Crippen LogP contribution in [0, 0.1) is 13.8 Å². The lowest BCUT2D eigenvalue weighted by molar-refractivity contribution is -0.122. The van der Waals surface area contributed by atoms with E-state index in [9.17, 15) is 9.59 Å². The number of carbonyl (C=O) groups excluding carboxylic acids is 1. The van der Waals surface area contributed by atoms with Crippen molar-refractivity contribution in [3.05, 3.63) is 69.1 Å². The van der Waals surface area contributed by atoms with Crippen LogP contribution in [0.3, 0.4) is 0 Å². The van der Waals surface area contributed by atoms with E-state index < -0.39 is 6.10 Å². The van der Waals surface area contributed by atoms with Crippen LogP contribution in [0.15, 0.2) is 47.3 Å². The van der Waals surface area contributed by atoms with E-state index in [0.717, 1.165) is 26.5 Å². The normalized spacial score (nSPS) is 15.2. The fourth-order valence-corrected chi connectivity index (χ4v) is 4.88. The topological polar surface area (TPSA) is 96.1 Å². The van der Waals surface area contributed by atoms with Crippen molar-refractivity contribution in [2.75, 3.05) is 10.6 Å². The molecule has 2 aromatic heterocycles. The van der Waals surface area contributed by atoms with E-state index in [1.807, 2.05) is 50.2 Å². The first-order valence-corrected chi connectivity index (χ1v) is 11.2. The molecule has 0 saturated heterocycles. The maximum Gasteiger partial charge on any atom is 0.265 e. The van der Waals surface area contributed by atoms with Crippen molar-refractivity contribution in [2.24, 2.45) is 0 Å². The summed E-state index contributed by atoms with van der Waals surface area (Å²) in [6.07, 6.45) is -0.513. The van der Waals surface area contributed by atoms with Gasteiger partial charge in [0.15, 0.2) is 6.10 Å². The van der Waals surface area contributed by atoms with Crippen molar-refractivity contribution in [3.8, 4) is 16.9 Å². The molecule has 3 N–H and O–H groups in total. The number of aryl methyl sites for hydroxylation is 2. The first kappa shape index (κ1) is 20.3. The highest BCUT2D eigenvalue weighted by molar-refractivity contribution is 7.19. The molecule has 1 atom stereocenters. The molecule has 0 bridgehead atoms. The highest BCUT2D eigenvalue weighted by Gasteiger charge is 2.23. The molecule has 2 aromatic carbocycles. The first-order chi connectivity index (χ1) is 15.4. The molecule has 32 heavy (non-hydrogen) atoms. The molecule has 1 aliphatic heterocycles. The molecule has 0 saturated carbocycles. The minimum Gasteiger partial charge on any atom is -0.479 e. The Balaban J connectivity index is 1.42. The number of rotatable bonds is 4. The summed E-state index contributed by atoms with van der Waals surface area (Å²) in [6, 6.07) is 13.7. The Morgan fingerprint density at radius 1 is 1.12 bits per heavy atom. The zero-order valence-electron chi connectivity index (χ0n) is 17.9. The average Bonchev–Trinajstić information content (AvgIpc) is 3.10. The molecule has 5 rings (SSSR count). The lowest BCUT2D eigenvalue weighted by atomic mass is 10.0. The van der Waals surface area contributed by atoms with Gasteiger partial charge in [0.2, 0.25) is 0 Å². The summed E-state index contributed by atoms with van der Waals surface area (Å²) in [7, 11) is 0. The first-order valence-electron chi connectivity index (χ1n) is 10.3. The monoisotopic (exact) mass is 446 g/mol. The standard InChI is InChI=1S/C24H22N4O3S/c1-12-4-6-15(7-5-12)20-14(3)32-24-21(20)23(30)27-19(28-24)11-25-16-8-9-18-17(10-16)26-22(29)13(2)31-18/h4-10,13,25H,11H2,1-3H3,(H,26,29)(H,27,28,30)/t13-/m1/s1. The van der Waals surface area contributed by atoms with Crippen LogP contribution in [-0.4, -0.2) is 22.0 Å². The van der Waals surface area contributed by atoms with Gasteiger partial charge < -0.3 is 20.4 Å². The number of benzene rings is 2. The van der Waals surface area contributed by atoms with Gasteiger partial charge in [-0.3, -0.25) is 9.59 Å². The molecule has 0 fully saturated rings. The molecule has 0 aliphatic carbocycles. The number of nitrogens with zero attached hydrogens (tertiary/aromatic N) is 1. The third kappa shape index (κ3) is 3.62. The van der Waals surface area contributed by atoms with E-state index in [4.69, 9.17) is 9.72 Å². The van der Waals surface area contributed by atoms with Crippen molar-refractivity contribution in [1.82, 2.24) is 9.97 Å². The van der Waals surface area contributed by atoms with Crippen LogP contribution in [0.5, 0.6) is 5.75 Å². The van der Waals surface area contributed by atoms with E-state index >= 15 is 0 Å². The quantitative estimate of drug-likeness (QED) is 0.426. The smallest absolute Gasteiger partial charge is 0.265 e. The minimum absolute atomic E-state index is 0.146. The van der Waals surface area contributed by atoms with E-state index in [1.54, 1.807) is 13.0 Å². The van der Waals surface area contributed by atoms with Crippen molar-refractivity contribution >= 4 is 38.8 Å². The van der Waals surface area contributed by atoms with Gasteiger partial charge in [0.25, 0.3) is 11.5 Å². The lowest BCUT2D eigenvalue weighted by Crippen LogP contribution is -2.34. The van der Waals surface area contributed by atoms with Crippen LogP contribution < -0.4 is 20.9 Å². The summed E-state index contributed by atoms with van der Waals surface area (Å²) in [4.78, 5) is 34.2. The SMILES string of the molecule is Cc1ccc(-c2c(C)sc3nc(CNc4ccc5c(c4)NC(=O)[C@@H](C)O5)[nH]c(=O)c23)cc1. The Morgan fingerprint density at radius 3 is 2.69 bits per heavy atom. The number of nitrogens with one attached hydrogen (secondary N) is 3. The Kier molecular flexibility index (Phi) is 4.94. The third-order valence-corrected chi connectivity index (χ3v) is 6.50. The molecule has 1 aliphatic rings. The predicted molar refractivity (Wildman–Crippen MR) is 128 cm³/mol. The van der Waals surface area contributed by atoms with E-state index in [2.05, 4.69) is 15.6 Å². The number of hydrogen-bond donors (Lipinski definition) is 3.